The molecule has 0 saturated carbocycles. The van der Waals surface area contributed by atoms with E-state index in [2.05, 4.69) is 20.0 Å². The summed E-state index contributed by atoms with van der Waals surface area (Å²) in [5, 5.41) is 7.64. The summed E-state index contributed by atoms with van der Waals surface area (Å²) in [5.74, 6) is 0. The standard InChI is InChI=1S/C10H12N5O2P/c16-10-9-8(4-3-5-11-9)12-13-15(10)17-18-14-6-1-2-7-14/h3-5,18H,1-2,6-7H2. The first-order chi connectivity index (χ1) is 8.84. The van der Waals surface area contributed by atoms with Crippen LogP contribution in [-0.4, -0.2) is 37.9 Å². The Labute approximate surface area is 105 Å². The van der Waals surface area contributed by atoms with Crippen molar-refractivity contribution < 1.29 is 4.62 Å². The Morgan fingerprint density at radius 1 is 1.33 bits per heavy atom. The molecule has 0 bridgehead atoms. The van der Waals surface area contributed by atoms with Crippen molar-refractivity contribution >= 4 is 20.0 Å². The average molecular weight is 265 g/mol. The summed E-state index contributed by atoms with van der Waals surface area (Å²) in [6, 6.07) is 3.41. The molecule has 1 aliphatic heterocycles. The number of hydrogen-bond donors (Lipinski definition) is 0. The molecule has 0 radical (unpaired) electrons. The van der Waals surface area contributed by atoms with Crippen LogP contribution >= 0.6 is 8.96 Å². The second-order valence-electron chi connectivity index (χ2n) is 4.02. The lowest BCUT2D eigenvalue weighted by atomic mass is 10.4. The van der Waals surface area contributed by atoms with Crippen LogP contribution in [0.3, 0.4) is 0 Å². The molecule has 0 aromatic carbocycles. The van der Waals surface area contributed by atoms with E-state index >= 15 is 0 Å². The van der Waals surface area contributed by atoms with E-state index in [-0.39, 0.29) is 20.0 Å². The van der Waals surface area contributed by atoms with Crippen molar-refractivity contribution in [1.82, 2.24) is 24.8 Å². The van der Waals surface area contributed by atoms with Crippen LogP contribution < -0.4 is 10.2 Å². The highest BCUT2D eigenvalue weighted by Crippen LogP contribution is 2.21. The number of rotatable bonds is 3. The largest absolute Gasteiger partial charge is 0.360 e. The monoisotopic (exact) mass is 265 g/mol. The highest BCUT2D eigenvalue weighted by molar-refractivity contribution is 7.29. The van der Waals surface area contributed by atoms with Crippen LogP contribution in [0.2, 0.25) is 0 Å². The van der Waals surface area contributed by atoms with E-state index in [4.69, 9.17) is 4.62 Å². The van der Waals surface area contributed by atoms with Crippen LogP contribution in [0, 0.1) is 0 Å². The summed E-state index contributed by atoms with van der Waals surface area (Å²) in [7, 11) is 0.0968. The number of hydrogen-bond acceptors (Lipinski definition) is 6. The van der Waals surface area contributed by atoms with Gasteiger partial charge in [-0.3, -0.25) is 9.46 Å². The zero-order valence-corrected chi connectivity index (χ0v) is 10.6. The van der Waals surface area contributed by atoms with Crippen molar-refractivity contribution in [2.75, 3.05) is 13.1 Å². The van der Waals surface area contributed by atoms with Gasteiger partial charge in [0.25, 0.3) is 0 Å². The van der Waals surface area contributed by atoms with Gasteiger partial charge in [-0.2, -0.15) is 0 Å². The summed E-state index contributed by atoms with van der Waals surface area (Å²) in [6.45, 7) is 2.01. The smallest absolute Gasteiger partial charge is 0.332 e. The molecule has 0 amide bonds. The van der Waals surface area contributed by atoms with Crippen LogP contribution in [-0.2, 0) is 0 Å². The van der Waals surface area contributed by atoms with Gasteiger partial charge in [0.1, 0.15) is 5.52 Å². The Morgan fingerprint density at radius 2 is 2.17 bits per heavy atom. The molecule has 0 aliphatic carbocycles. The lowest BCUT2D eigenvalue weighted by molar-refractivity contribution is 0.224. The lowest BCUT2D eigenvalue weighted by Gasteiger charge is -2.13. The number of nitrogens with zero attached hydrogens (tertiary/aromatic N) is 5. The van der Waals surface area contributed by atoms with Crippen molar-refractivity contribution in [1.29, 1.82) is 0 Å². The molecule has 2 aromatic rings. The summed E-state index contributed by atoms with van der Waals surface area (Å²) in [6.07, 6.45) is 3.91. The Kier molecular flexibility index (Phi) is 3.17. The van der Waals surface area contributed by atoms with Gasteiger partial charge in [0, 0.05) is 19.3 Å². The minimum atomic E-state index is -0.368. The third kappa shape index (κ3) is 2.19. The molecule has 1 saturated heterocycles. The number of aromatic nitrogens is 4. The van der Waals surface area contributed by atoms with E-state index in [1.807, 2.05) is 0 Å². The van der Waals surface area contributed by atoms with Gasteiger partial charge in [0.2, 0.25) is 0 Å². The van der Waals surface area contributed by atoms with Crippen LogP contribution in [0.25, 0.3) is 11.0 Å². The molecular weight excluding hydrogens is 253 g/mol. The molecule has 1 fully saturated rings. The highest BCUT2D eigenvalue weighted by Gasteiger charge is 2.14. The van der Waals surface area contributed by atoms with Gasteiger partial charge in [-0.15, -0.1) is 5.10 Å². The fourth-order valence-electron chi connectivity index (χ4n) is 1.83. The maximum Gasteiger partial charge on any atom is 0.332 e. The van der Waals surface area contributed by atoms with Crippen molar-refractivity contribution in [2.24, 2.45) is 0 Å². The van der Waals surface area contributed by atoms with E-state index in [1.165, 1.54) is 12.8 Å². The third-order valence-corrected chi connectivity index (χ3v) is 3.72. The molecule has 0 spiro atoms. The summed E-state index contributed by atoms with van der Waals surface area (Å²) in [4.78, 5) is 16.9. The normalized spacial score (nSPS) is 16.9. The topological polar surface area (TPSA) is 73.1 Å². The van der Waals surface area contributed by atoms with Crippen molar-refractivity contribution in [3.8, 4) is 0 Å². The maximum absolute atomic E-state index is 12.0. The predicted octanol–water partition coefficient (Wildman–Crippen LogP) is 0.219. The third-order valence-electron chi connectivity index (χ3n) is 2.76. The van der Waals surface area contributed by atoms with Crippen molar-refractivity contribution in [3.05, 3.63) is 28.7 Å². The lowest BCUT2D eigenvalue weighted by Crippen LogP contribution is -2.29. The molecule has 2 aromatic heterocycles. The van der Waals surface area contributed by atoms with Crippen molar-refractivity contribution in [2.45, 2.75) is 12.8 Å². The molecule has 94 valence electrons. The van der Waals surface area contributed by atoms with Gasteiger partial charge in [0.05, 0.1) is 0 Å². The SMILES string of the molecule is O=c1c2ncccc2nnn1OPN1CCCC1. The van der Waals surface area contributed by atoms with Gasteiger partial charge in [-0.05, 0) is 35.0 Å². The summed E-state index contributed by atoms with van der Waals surface area (Å²) in [5.41, 5.74) is 0.387. The zero-order chi connectivity index (χ0) is 12.4. The fourth-order valence-corrected chi connectivity index (χ4v) is 2.64. The van der Waals surface area contributed by atoms with E-state index in [9.17, 15) is 4.79 Å². The van der Waals surface area contributed by atoms with Gasteiger partial charge in [0.15, 0.2) is 14.5 Å². The number of pyridine rings is 1. The summed E-state index contributed by atoms with van der Waals surface area (Å²) < 4.78 is 7.52. The first-order valence-corrected chi connectivity index (χ1v) is 6.59. The first kappa shape index (κ1) is 11.5. The molecule has 1 atom stereocenters. The predicted molar refractivity (Wildman–Crippen MR) is 67.3 cm³/mol. The van der Waals surface area contributed by atoms with E-state index in [0.717, 1.165) is 17.9 Å². The summed E-state index contributed by atoms with van der Waals surface area (Å²) >= 11 is 0. The van der Waals surface area contributed by atoms with Crippen LogP contribution in [0.15, 0.2) is 23.1 Å². The van der Waals surface area contributed by atoms with Crippen LogP contribution in [0.4, 0.5) is 0 Å². The Hall–Kier alpha value is -1.59. The molecule has 8 heteroatoms. The van der Waals surface area contributed by atoms with Gasteiger partial charge in [-0.25, -0.2) is 4.98 Å². The maximum atomic E-state index is 12.0. The average Bonchev–Trinajstić information content (AvgIpc) is 2.91. The first-order valence-electron chi connectivity index (χ1n) is 5.73. The van der Waals surface area contributed by atoms with E-state index in [1.54, 1.807) is 18.3 Å². The molecule has 3 rings (SSSR count). The van der Waals surface area contributed by atoms with Crippen molar-refractivity contribution in [3.63, 3.8) is 0 Å². The molecule has 1 aliphatic rings. The molecule has 1 unspecified atom stereocenters. The van der Waals surface area contributed by atoms with Crippen LogP contribution in [0.5, 0.6) is 0 Å². The molecule has 7 nitrogen and oxygen atoms in total. The molecule has 18 heavy (non-hydrogen) atoms. The quantitative estimate of drug-likeness (QED) is 0.739. The Bertz CT molecular complexity index is 610. The minimum Gasteiger partial charge on any atom is -0.360 e. The van der Waals surface area contributed by atoms with E-state index in [0.29, 0.717) is 5.52 Å². The van der Waals surface area contributed by atoms with Gasteiger partial charge >= 0.3 is 5.56 Å². The van der Waals surface area contributed by atoms with Crippen LogP contribution in [0.1, 0.15) is 12.8 Å². The second kappa shape index (κ2) is 4.96. The number of fused-ring (bicyclic) bond motifs is 1. The van der Waals surface area contributed by atoms with Gasteiger partial charge in [-0.1, -0.05) is 0 Å². The highest BCUT2D eigenvalue weighted by atomic mass is 31.1. The second-order valence-corrected chi connectivity index (χ2v) is 5.01. The molecular formula is C10H12N5O2P. The zero-order valence-electron chi connectivity index (χ0n) is 9.61. The Morgan fingerprint density at radius 3 is 3.00 bits per heavy atom. The minimum absolute atomic E-state index is 0.0968. The van der Waals surface area contributed by atoms with E-state index < -0.39 is 0 Å². The fraction of sp³-hybridized carbons (Fsp3) is 0.400. The van der Waals surface area contributed by atoms with Gasteiger partial charge < -0.3 is 4.62 Å². The Balaban J connectivity index is 1.83. The molecule has 0 N–H and O–H groups in total. The molecule has 3 heterocycles.